The minimum absolute atomic E-state index is 0.0192. The Labute approximate surface area is 97.8 Å². The molecule has 0 saturated carbocycles. The third kappa shape index (κ3) is 2.31. The van der Waals surface area contributed by atoms with Gasteiger partial charge in [-0.05, 0) is 6.92 Å². The molecule has 6 nitrogen and oxygen atoms in total. The zero-order chi connectivity index (χ0) is 12.4. The van der Waals surface area contributed by atoms with Crippen LogP contribution in [-0.4, -0.2) is 47.7 Å². The van der Waals surface area contributed by atoms with E-state index >= 15 is 0 Å². The lowest BCUT2D eigenvalue weighted by Gasteiger charge is -2.32. The second kappa shape index (κ2) is 4.58. The molecule has 1 N–H and O–H groups in total. The Kier molecular flexibility index (Phi) is 3.14. The number of nitrogens with zero attached hydrogens (tertiary/aromatic N) is 1. The van der Waals surface area contributed by atoms with E-state index in [0.717, 1.165) is 6.26 Å². The van der Waals surface area contributed by atoms with Gasteiger partial charge >= 0.3 is 5.97 Å². The van der Waals surface area contributed by atoms with Gasteiger partial charge in [0.2, 0.25) is 0 Å². The number of hydrogen-bond donors (Lipinski definition) is 1. The normalized spacial score (nSPS) is 20.3. The summed E-state index contributed by atoms with van der Waals surface area (Å²) in [5.74, 6) is -1.35. The second-order valence-corrected chi connectivity index (χ2v) is 3.93. The molecular weight excluding hydrogens is 226 g/mol. The van der Waals surface area contributed by atoms with Crippen molar-refractivity contribution in [2.45, 2.75) is 13.0 Å². The van der Waals surface area contributed by atoms with E-state index in [1.807, 2.05) is 6.92 Å². The number of furan rings is 1. The highest BCUT2D eigenvalue weighted by Gasteiger charge is 2.27. The van der Waals surface area contributed by atoms with Crippen LogP contribution in [-0.2, 0) is 4.74 Å². The Morgan fingerprint density at radius 3 is 2.88 bits per heavy atom. The summed E-state index contributed by atoms with van der Waals surface area (Å²) in [6.07, 6.45) is 1.07. The number of amides is 1. The van der Waals surface area contributed by atoms with Crippen molar-refractivity contribution in [1.82, 2.24) is 4.90 Å². The van der Waals surface area contributed by atoms with Gasteiger partial charge in [-0.25, -0.2) is 4.79 Å². The van der Waals surface area contributed by atoms with Gasteiger partial charge in [0, 0.05) is 12.6 Å². The number of aromatic carboxylic acids is 1. The topological polar surface area (TPSA) is 80.0 Å². The molecule has 0 aromatic carbocycles. The highest BCUT2D eigenvalue weighted by molar-refractivity contribution is 5.95. The number of carboxylic acids is 1. The molecule has 1 aromatic heterocycles. The maximum atomic E-state index is 12.0. The molecule has 2 heterocycles. The van der Waals surface area contributed by atoms with Gasteiger partial charge in [-0.3, -0.25) is 4.79 Å². The fraction of sp³-hybridized carbons (Fsp3) is 0.455. The summed E-state index contributed by atoms with van der Waals surface area (Å²) >= 11 is 0. The van der Waals surface area contributed by atoms with Crippen LogP contribution in [0.25, 0.3) is 0 Å². The van der Waals surface area contributed by atoms with Crippen LogP contribution in [0, 0.1) is 0 Å². The number of ether oxygens (including phenoxy) is 1. The van der Waals surface area contributed by atoms with E-state index in [1.54, 1.807) is 4.90 Å². The average molecular weight is 239 g/mol. The van der Waals surface area contributed by atoms with Gasteiger partial charge in [0.25, 0.3) is 5.91 Å². The summed E-state index contributed by atoms with van der Waals surface area (Å²) in [6.45, 7) is 3.34. The van der Waals surface area contributed by atoms with Crippen molar-refractivity contribution in [3.8, 4) is 0 Å². The summed E-state index contributed by atoms with van der Waals surface area (Å²) in [5.41, 5.74) is -0.0192. The fourth-order valence-electron chi connectivity index (χ4n) is 1.73. The predicted octanol–water partition coefficient (Wildman–Crippen LogP) is 0.839. The summed E-state index contributed by atoms with van der Waals surface area (Å²) in [7, 11) is 0. The minimum atomic E-state index is -1.11. The molecule has 17 heavy (non-hydrogen) atoms. The lowest BCUT2D eigenvalue weighted by atomic mass is 10.2. The van der Waals surface area contributed by atoms with Crippen molar-refractivity contribution in [2.24, 2.45) is 0 Å². The van der Waals surface area contributed by atoms with E-state index in [1.165, 1.54) is 6.07 Å². The molecule has 1 aromatic rings. The van der Waals surface area contributed by atoms with Gasteiger partial charge in [-0.1, -0.05) is 0 Å². The molecule has 1 saturated heterocycles. The van der Waals surface area contributed by atoms with Gasteiger partial charge in [-0.15, -0.1) is 0 Å². The molecule has 1 fully saturated rings. The summed E-state index contributed by atoms with van der Waals surface area (Å²) in [5, 5.41) is 8.74. The largest absolute Gasteiger partial charge is 0.478 e. The van der Waals surface area contributed by atoms with E-state index in [0.29, 0.717) is 19.8 Å². The first kappa shape index (κ1) is 11.7. The van der Waals surface area contributed by atoms with Gasteiger partial charge < -0.3 is 19.2 Å². The number of rotatable bonds is 2. The molecular formula is C11H13NO5. The van der Waals surface area contributed by atoms with Crippen molar-refractivity contribution < 1.29 is 23.8 Å². The van der Waals surface area contributed by atoms with Crippen molar-refractivity contribution in [1.29, 1.82) is 0 Å². The Morgan fingerprint density at radius 2 is 2.29 bits per heavy atom. The standard InChI is InChI=1S/C11H13NO5/c1-7-5-16-3-2-12(7)10(13)9-4-8(6-17-9)11(14)15/h4,6-7H,2-3,5H2,1H3,(H,14,15). The van der Waals surface area contributed by atoms with Crippen LogP contribution in [0.2, 0.25) is 0 Å². The zero-order valence-corrected chi connectivity index (χ0v) is 9.38. The second-order valence-electron chi connectivity index (χ2n) is 3.93. The summed E-state index contributed by atoms with van der Waals surface area (Å²) in [4.78, 5) is 24.3. The van der Waals surface area contributed by atoms with Crippen molar-refractivity contribution in [2.75, 3.05) is 19.8 Å². The molecule has 1 aliphatic heterocycles. The van der Waals surface area contributed by atoms with E-state index in [-0.39, 0.29) is 23.3 Å². The van der Waals surface area contributed by atoms with Gasteiger partial charge in [0.15, 0.2) is 5.76 Å². The van der Waals surface area contributed by atoms with Gasteiger partial charge in [0.05, 0.1) is 24.8 Å². The van der Waals surface area contributed by atoms with E-state index in [9.17, 15) is 9.59 Å². The number of carboxylic acid groups (broad SMARTS) is 1. The molecule has 1 unspecified atom stereocenters. The lowest BCUT2D eigenvalue weighted by molar-refractivity contribution is 0.00196. The Morgan fingerprint density at radius 1 is 1.53 bits per heavy atom. The van der Waals surface area contributed by atoms with Crippen LogP contribution >= 0.6 is 0 Å². The van der Waals surface area contributed by atoms with Crippen LogP contribution in [0.1, 0.15) is 27.8 Å². The molecule has 92 valence electrons. The smallest absolute Gasteiger partial charge is 0.338 e. The van der Waals surface area contributed by atoms with Gasteiger partial charge in [0.1, 0.15) is 6.26 Å². The number of hydrogen-bond acceptors (Lipinski definition) is 4. The van der Waals surface area contributed by atoms with Crippen LogP contribution in [0.4, 0.5) is 0 Å². The van der Waals surface area contributed by atoms with Crippen LogP contribution in [0.5, 0.6) is 0 Å². The SMILES string of the molecule is CC1COCCN1C(=O)c1cc(C(=O)O)co1. The third-order valence-electron chi connectivity index (χ3n) is 2.69. The minimum Gasteiger partial charge on any atom is -0.478 e. The molecule has 0 spiro atoms. The Bertz CT molecular complexity index is 439. The summed E-state index contributed by atoms with van der Waals surface area (Å²) < 4.78 is 10.2. The van der Waals surface area contributed by atoms with E-state index in [2.05, 4.69) is 0 Å². The highest BCUT2D eigenvalue weighted by atomic mass is 16.5. The maximum Gasteiger partial charge on any atom is 0.338 e. The zero-order valence-electron chi connectivity index (χ0n) is 9.38. The molecule has 0 aliphatic carbocycles. The maximum absolute atomic E-state index is 12.0. The average Bonchev–Trinajstić information content (AvgIpc) is 2.78. The van der Waals surface area contributed by atoms with E-state index in [4.69, 9.17) is 14.3 Å². The van der Waals surface area contributed by atoms with Crippen molar-refractivity contribution in [3.63, 3.8) is 0 Å². The molecule has 0 bridgehead atoms. The third-order valence-corrected chi connectivity index (χ3v) is 2.69. The lowest BCUT2D eigenvalue weighted by Crippen LogP contribution is -2.47. The fourth-order valence-corrected chi connectivity index (χ4v) is 1.73. The Balaban J connectivity index is 2.15. The first-order chi connectivity index (χ1) is 8.09. The van der Waals surface area contributed by atoms with Crippen LogP contribution in [0.15, 0.2) is 16.7 Å². The first-order valence-electron chi connectivity index (χ1n) is 5.30. The van der Waals surface area contributed by atoms with E-state index < -0.39 is 5.97 Å². The summed E-state index contributed by atoms with van der Waals surface area (Å²) in [6, 6.07) is 1.21. The Hall–Kier alpha value is -1.82. The monoisotopic (exact) mass is 239 g/mol. The van der Waals surface area contributed by atoms with Crippen LogP contribution < -0.4 is 0 Å². The molecule has 1 amide bonds. The molecule has 2 rings (SSSR count). The van der Waals surface area contributed by atoms with Crippen molar-refractivity contribution in [3.05, 3.63) is 23.7 Å². The number of carbonyl (C=O) groups is 2. The quantitative estimate of drug-likeness (QED) is 0.827. The van der Waals surface area contributed by atoms with Gasteiger partial charge in [-0.2, -0.15) is 0 Å². The molecule has 0 radical (unpaired) electrons. The molecule has 6 heteroatoms. The number of carbonyl (C=O) groups excluding carboxylic acids is 1. The van der Waals surface area contributed by atoms with Crippen LogP contribution in [0.3, 0.4) is 0 Å². The highest BCUT2D eigenvalue weighted by Crippen LogP contribution is 2.15. The van der Waals surface area contributed by atoms with Crippen molar-refractivity contribution >= 4 is 11.9 Å². The molecule has 1 atom stereocenters. The predicted molar refractivity (Wildman–Crippen MR) is 57.0 cm³/mol. The first-order valence-corrected chi connectivity index (χ1v) is 5.30. The number of morpholine rings is 1. The molecule has 1 aliphatic rings.